The van der Waals surface area contributed by atoms with Crippen molar-refractivity contribution in [2.45, 2.75) is 32.2 Å². The molecule has 4 rings (SSSR count). The highest BCUT2D eigenvalue weighted by molar-refractivity contribution is 5.99. The van der Waals surface area contributed by atoms with E-state index in [2.05, 4.69) is 25.6 Å². The smallest absolute Gasteiger partial charge is 0.405 e. The average Bonchev–Trinajstić information content (AvgIpc) is 3.16. The number of nitrogens with one attached hydrogen (secondary N) is 3. The number of fused-ring (bicyclic) bond motifs is 2. The van der Waals surface area contributed by atoms with Gasteiger partial charge in [0, 0.05) is 35.5 Å². The van der Waals surface area contributed by atoms with E-state index in [4.69, 9.17) is 5.11 Å². The van der Waals surface area contributed by atoms with Gasteiger partial charge in [-0.3, -0.25) is 4.79 Å². The van der Waals surface area contributed by atoms with Gasteiger partial charge >= 0.3 is 6.09 Å². The molecular weight excluding hydrogens is 401 g/mol. The number of para-hydroxylation sites is 1. The van der Waals surface area contributed by atoms with Gasteiger partial charge in [-0.15, -0.1) is 0 Å². The van der Waals surface area contributed by atoms with Crippen LogP contribution in [0.25, 0.3) is 22.3 Å². The fraction of sp³-hybridized carbons (Fsp3) is 0.273. The molecule has 1 aliphatic rings. The van der Waals surface area contributed by atoms with Crippen molar-refractivity contribution in [1.82, 2.24) is 25.6 Å². The van der Waals surface area contributed by atoms with Crippen LogP contribution in [0.4, 0.5) is 9.18 Å². The molecule has 9 heteroatoms. The molecule has 1 aromatic carbocycles. The Morgan fingerprint density at radius 3 is 2.97 bits per heavy atom. The third-order valence-electron chi connectivity index (χ3n) is 5.31. The zero-order valence-electron chi connectivity index (χ0n) is 17.1. The zero-order valence-corrected chi connectivity index (χ0v) is 17.1. The van der Waals surface area contributed by atoms with Crippen LogP contribution >= 0.6 is 0 Å². The Morgan fingerprint density at radius 1 is 1.39 bits per heavy atom. The van der Waals surface area contributed by atoms with Gasteiger partial charge in [-0.1, -0.05) is 24.3 Å². The molecule has 2 atom stereocenters. The maximum atomic E-state index is 14.1. The molecule has 0 unspecified atom stereocenters. The van der Waals surface area contributed by atoms with E-state index in [0.29, 0.717) is 40.8 Å². The Bertz CT molecular complexity index is 1200. The molecule has 160 valence electrons. The Hall–Kier alpha value is -3.75. The molecule has 2 aromatic heterocycles. The largest absolute Gasteiger partial charge is 0.465 e. The van der Waals surface area contributed by atoms with Crippen molar-refractivity contribution in [3.8, 4) is 11.3 Å². The first kappa shape index (κ1) is 20.5. The zero-order chi connectivity index (χ0) is 22.1. The molecule has 8 nitrogen and oxygen atoms in total. The van der Waals surface area contributed by atoms with Gasteiger partial charge in [0.15, 0.2) is 0 Å². The average molecular weight is 423 g/mol. The van der Waals surface area contributed by atoms with E-state index in [1.807, 2.05) is 18.2 Å². The highest BCUT2D eigenvalue weighted by Crippen LogP contribution is 2.33. The number of aryl methyl sites for hydroxylation is 1. The van der Waals surface area contributed by atoms with Crippen LogP contribution in [0.2, 0.25) is 0 Å². The quantitative estimate of drug-likeness (QED) is 0.468. The number of hydrogen-bond acceptors (Lipinski definition) is 4. The summed E-state index contributed by atoms with van der Waals surface area (Å²) in [5.41, 5.74) is 3.89. The van der Waals surface area contributed by atoms with Crippen LogP contribution < -0.4 is 10.6 Å². The fourth-order valence-electron chi connectivity index (χ4n) is 3.79. The van der Waals surface area contributed by atoms with Crippen LogP contribution in [-0.2, 0) is 0 Å². The summed E-state index contributed by atoms with van der Waals surface area (Å²) in [6.45, 7) is 3.77. The number of hydrogen-bond donors (Lipinski definition) is 4. The van der Waals surface area contributed by atoms with Crippen molar-refractivity contribution in [3.05, 3.63) is 59.3 Å². The fourth-order valence-corrected chi connectivity index (χ4v) is 3.79. The summed E-state index contributed by atoms with van der Waals surface area (Å²) in [4.78, 5) is 34.8. The summed E-state index contributed by atoms with van der Waals surface area (Å²) in [5, 5.41) is 14.0. The number of nitrogens with zero attached hydrogens (tertiary/aromatic N) is 2. The number of rotatable bonds is 5. The molecule has 0 spiro atoms. The molecule has 0 fully saturated rings. The van der Waals surface area contributed by atoms with Gasteiger partial charge in [0.2, 0.25) is 5.95 Å². The third kappa shape index (κ3) is 4.11. The van der Waals surface area contributed by atoms with Crippen LogP contribution in [0.1, 0.15) is 41.0 Å². The van der Waals surface area contributed by atoms with Gasteiger partial charge in [-0.05, 0) is 32.4 Å². The molecule has 3 heterocycles. The first-order valence-electron chi connectivity index (χ1n) is 9.94. The third-order valence-corrected chi connectivity index (χ3v) is 5.31. The summed E-state index contributed by atoms with van der Waals surface area (Å²) < 4.78 is 14.1. The second-order valence-corrected chi connectivity index (χ2v) is 7.59. The summed E-state index contributed by atoms with van der Waals surface area (Å²) >= 11 is 0. The van der Waals surface area contributed by atoms with Crippen LogP contribution in [0.3, 0.4) is 0 Å². The van der Waals surface area contributed by atoms with Gasteiger partial charge in [0.25, 0.3) is 5.91 Å². The molecule has 3 aromatic rings. The van der Waals surface area contributed by atoms with Crippen LogP contribution in [-0.4, -0.2) is 44.6 Å². The van der Waals surface area contributed by atoms with E-state index in [9.17, 15) is 14.0 Å². The Kier molecular flexibility index (Phi) is 5.41. The number of carbonyl (C=O) groups is 2. The van der Waals surface area contributed by atoms with Gasteiger partial charge < -0.3 is 20.7 Å². The molecular formula is C22H22FN5O3. The predicted molar refractivity (Wildman–Crippen MR) is 113 cm³/mol. The van der Waals surface area contributed by atoms with Gasteiger partial charge in [0.1, 0.15) is 5.52 Å². The lowest BCUT2D eigenvalue weighted by atomic mass is 9.94. The number of carboxylic acid groups (broad SMARTS) is 1. The van der Waals surface area contributed by atoms with Gasteiger partial charge in [0.05, 0.1) is 16.8 Å². The van der Waals surface area contributed by atoms with Crippen molar-refractivity contribution in [1.29, 1.82) is 0 Å². The molecule has 0 aliphatic carbocycles. The second kappa shape index (κ2) is 8.17. The minimum atomic E-state index is -1.08. The van der Waals surface area contributed by atoms with Crippen molar-refractivity contribution >= 4 is 23.0 Å². The normalized spacial score (nSPS) is 16.9. The van der Waals surface area contributed by atoms with Crippen molar-refractivity contribution in [3.63, 3.8) is 0 Å². The van der Waals surface area contributed by atoms with Crippen LogP contribution in [0.5, 0.6) is 0 Å². The Balaban J connectivity index is 1.67. The van der Waals surface area contributed by atoms with Gasteiger partial charge in [-0.2, -0.15) is 4.39 Å². The van der Waals surface area contributed by atoms with E-state index >= 15 is 0 Å². The highest BCUT2D eigenvalue weighted by Gasteiger charge is 2.28. The van der Waals surface area contributed by atoms with Crippen molar-refractivity contribution in [2.75, 3.05) is 6.54 Å². The number of allylic oxidation sites excluding steroid dienone is 1. The standard InChI is InChI=1S/C22H22FN5O3/c1-11(25-22(30)31)5-3-6-13-10-24-21(29)15-9-17(27-18(13)15)14-7-4-8-16-19(14)28-20(23)12(2)26-16/h3-5,7-9,11,13,25,27H,6,10H2,1-2H3,(H,24,29)(H,30,31)/b5-3-/t11-,13+/m1/s1. The lowest BCUT2D eigenvalue weighted by Gasteiger charge is -2.22. The number of amides is 2. The highest BCUT2D eigenvalue weighted by atomic mass is 19.1. The Labute approximate surface area is 177 Å². The first-order valence-corrected chi connectivity index (χ1v) is 9.94. The molecule has 1 aliphatic heterocycles. The van der Waals surface area contributed by atoms with E-state index in [-0.39, 0.29) is 23.6 Å². The molecule has 31 heavy (non-hydrogen) atoms. The summed E-state index contributed by atoms with van der Waals surface area (Å²) in [6, 6.07) is 6.84. The summed E-state index contributed by atoms with van der Waals surface area (Å²) in [5.74, 6) is -0.803. The maximum Gasteiger partial charge on any atom is 0.405 e. The number of carbonyl (C=O) groups excluding carboxylic acids is 1. The number of aromatic nitrogens is 3. The monoisotopic (exact) mass is 423 g/mol. The Morgan fingerprint density at radius 2 is 2.19 bits per heavy atom. The first-order chi connectivity index (χ1) is 14.8. The molecule has 4 N–H and O–H groups in total. The summed E-state index contributed by atoms with van der Waals surface area (Å²) in [7, 11) is 0. The maximum absolute atomic E-state index is 14.1. The lowest BCUT2D eigenvalue weighted by Crippen LogP contribution is -2.34. The molecule has 0 saturated carbocycles. The number of benzene rings is 1. The van der Waals surface area contributed by atoms with Gasteiger partial charge in [-0.25, -0.2) is 14.8 Å². The molecule has 0 radical (unpaired) electrons. The van der Waals surface area contributed by atoms with E-state index < -0.39 is 12.0 Å². The van der Waals surface area contributed by atoms with Crippen molar-refractivity contribution < 1.29 is 19.1 Å². The van der Waals surface area contributed by atoms with E-state index in [1.54, 1.807) is 32.1 Å². The van der Waals surface area contributed by atoms with Crippen LogP contribution in [0, 0.1) is 12.9 Å². The summed E-state index contributed by atoms with van der Waals surface area (Å²) in [6.07, 6.45) is 3.21. The molecule has 2 amide bonds. The SMILES string of the molecule is Cc1nc2cccc(-c3cc4c([nH]3)[C@@H](C/C=C\[C@@H](C)NC(=O)O)CNC4=O)c2nc1F. The van der Waals surface area contributed by atoms with Crippen LogP contribution in [0.15, 0.2) is 36.4 Å². The minimum absolute atomic E-state index is 0.00484. The van der Waals surface area contributed by atoms with E-state index in [0.717, 1.165) is 5.69 Å². The number of halogens is 1. The molecule has 0 bridgehead atoms. The van der Waals surface area contributed by atoms with Crippen molar-refractivity contribution in [2.24, 2.45) is 0 Å². The number of aromatic amines is 1. The van der Waals surface area contributed by atoms with E-state index in [1.165, 1.54) is 0 Å². The predicted octanol–water partition coefficient (Wildman–Crippen LogP) is 3.50. The topological polar surface area (TPSA) is 120 Å². The number of H-pyrrole nitrogens is 1. The second-order valence-electron chi connectivity index (χ2n) is 7.59. The minimum Gasteiger partial charge on any atom is -0.465 e. The molecule has 0 saturated heterocycles. The lowest BCUT2D eigenvalue weighted by molar-refractivity contribution is 0.0940.